The van der Waals surface area contributed by atoms with Gasteiger partial charge in [-0.2, -0.15) is 0 Å². The van der Waals surface area contributed by atoms with Crippen LogP contribution in [0.25, 0.3) is 11.0 Å². The summed E-state index contributed by atoms with van der Waals surface area (Å²) in [4.78, 5) is 30.3. The number of carbonyl (C=O) groups excluding carboxylic acids is 2. The summed E-state index contributed by atoms with van der Waals surface area (Å²) in [5.74, 6) is 0.0661. The molecule has 0 saturated heterocycles. The molecule has 0 aliphatic carbocycles. The third-order valence-electron chi connectivity index (χ3n) is 4.97. The van der Waals surface area contributed by atoms with Gasteiger partial charge in [0.25, 0.3) is 5.91 Å². The van der Waals surface area contributed by atoms with Crippen molar-refractivity contribution in [1.29, 1.82) is 0 Å². The van der Waals surface area contributed by atoms with Gasteiger partial charge >= 0.3 is 5.91 Å². The van der Waals surface area contributed by atoms with Gasteiger partial charge in [0.1, 0.15) is 17.9 Å². The smallest absolute Gasteiger partial charge is 0.313 e. The molecule has 8 heteroatoms. The topological polar surface area (TPSA) is 107 Å². The highest BCUT2D eigenvalue weighted by atomic mass is 16.7. The average molecular weight is 445 g/mol. The lowest BCUT2D eigenvalue weighted by Crippen LogP contribution is -2.33. The summed E-state index contributed by atoms with van der Waals surface area (Å²) >= 11 is 0. The van der Waals surface area contributed by atoms with Crippen LogP contribution in [0.5, 0.6) is 5.75 Å². The molecular formula is C25H23N3O5. The van der Waals surface area contributed by atoms with Crippen LogP contribution >= 0.6 is 0 Å². The molecule has 2 amide bonds. The van der Waals surface area contributed by atoms with Crippen LogP contribution in [0, 0.1) is 0 Å². The summed E-state index contributed by atoms with van der Waals surface area (Å²) in [7, 11) is 1.41. The Morgan fingerprint density at radius 2 is 1.73 bits per heavy atom. The van der Waals surface area contributed by atoms with Gasteiger partial charge < -0.3 is 20.2 Å². The van der Waals surface area contributed by atoms with Gasteiger partial charge in [0.15, 0.2) is 5.76 Å². The van der Waals surface area contributed by atoms with E-state index in [1.807, 2.05) is 18.2 Å². The quantitative estimate of drug-likeness (QED) is 0.308. The van der Waals surface area contributed by atoms with Gasteiger partial charge in [-0.15, -0.1) is 0 Å². The zero-order valence-corrected chi connectivity index (χ0v) is 18.0. The van der Waals surface area contributed by atoms with Gasteiger partial charge in [-0.05, 0) is 48.5 Å². The number of fused-ring (bicyclic) bond motifs is 1. The predicted octanol–water partition coefficient (Wildman–Crippen LogP) is 4.35. The van der Waals surface area contributed by atoms with Crippen molar-refractivity contribution in [3.63, 3.8) is 0 Å². The van der Waals surface area contributed by atoms with Crippen LogP contribution in [-0.4, -0.2) is 37.1 Å². The van der Waals surface area contributed by atoms with Crippen molar-refractivity contribution in [2.75, 3.05) is 31.3 Å². The second kappa shape index (κ2) is 9.88. The molecule has 3 N–H and O–H groups in total. The summed E-state index contributed by atoms with van der Waals surface area (Å²) in [6, 6.07) is 22.8. The summed E-state index contributed by atoms with van der Waals surface area (Å²) in [5, 5.41) is 4.79. The van der Waals surface area contributed by atoms with Gasteiger partial charge in [-0.1, -0.05) is 30.3 Å². The number of nitrogens with zero attached hydrogens (tertiary/aromatic N) is 1. The number of para-hydroxylation sites is 3. The second-order valence-electron chi connectivity index (χ2n) is 7.15. The molecular weight excluding hydrogens is 422 g/mol. The highest BCUT2D eigenvalue weighted by Gasteiger charge is 2.20. The first-order valence-corrected chi connectivity index (χ1v) is 10.3. The molecule has 0 spiro atoms. The van der Waals surface area contributed by atoms with Gasteiger partial charge in [-0.25, -0.2) is 5.06 Å². The number of hydroxylamine groups is 2. The van der Waals surface area contributed by atoms with Gasteiger partial charge in [0, 0.05) is 10.9 Å². The Hall–Kier alpha value is -4.30. The molecule has 8 nitrogen and oxygen atoms in total. The van der Waals surface area contributed by atoms with Gasteiger partial charge in [0.2, 0.25) is 0 Å². The van der Waals surface area contributed by atoms with E-state index in [0.29, 0.717) is 28.3 Å². The number of hydrogen-bond donors (Lipinski definition) is 2. The Bertz CT molecular complexity index is 1230. The molecule has 1 aromatic heterocycles. The lowest BCUT2D eigenvalue weighted by molar-refractivity contribution is -0.101. The average Bonchev–Trinajstić information content (AvgIpc) is 3.28. The number of amides is 2. The molecule has 0 radical (unpaired) electrons. The van der Waals surface area contributed by atoms with Crippen LogP contribution < -0.4 is 15.8 Å². The summed E-state index contributed by atoms with van der Waals surface area (Å²) in [5.41, 5.74) is 8.00. The van der Waals surface area contributed by atoms with Gasteiger partial charge in [-0.3, -0.25) is 14.4 Å². The first-order chi connectivity index (χ1) is 16.0. The summed E-state index contributed by atoms with van der Waals surface area (Å²) in [6.45, 7) is 0.369. The predicted molar refractivity (Wildman–Crippen MR) is 125 cm³/mol. The molecule has 0 aliphatic rings. The third kappa shape index (κ3) is 5.13. The Balaban J connectivity index is 1.31. The number of anilines is 2. The van der Waals surface area contributed by atoms with E-state index in [4.69, 9.17) is 19.7 Å². The lowest BCUT2D eigenvalue weighted by atomic mass is 10.2. The molecule has 0 atom stereocenters. The van der Waals surface area contributed by atoms with E-state index < -0.39 is 5.91 Å². The number of nitrogen functional groups attached to an aromatic ring is 1. The number of rotatable bonds is 8. The minimum atomic E-state index is -0.399. The minimum Gasteiger partial charge on any atom is -0.492 e. The lowest BCUT2D eigenvalue weighted by Gasteiger charge is -2.18. The van der Waals surface area contributed by atoms with Crippen LogP contribution in [0.15, 0.2) is 83.3 Å². The maximum absolute atomic E-state index is 12.7. The highest BCUT2D eigenvalue weighted by molar-refractivity contribution is 6.05. The van der Waals surface area contributed by atoms with Crippen LogP contribution in [0.3, 0.4) is 0 Å². The normalized spacial score (nSPS) is 10.7. The van der Waals surface area contributed by atoms with Crippen LogP contribution in [-0.2, 0) is 4.84 Å². The largest absolute Gasteiger partial charge is 0.492 e. The molecule has 0 saturated carbocycles. The number of hydrogen-bond acceptors (Lipinski definition) is 6. The number of nitrogens with two attached hydrogens (primary N) is 1. The molecule has 3 aromatic carbocycles. The fourth-order valence-electron chi connectivity index (χ4n) is 3.24. The van der Waals surface area contributed by atoms with Crippen molar-refractivity contribution in [3.8, 4) is 5.75 Å². The van der Waals surface area contributed by atoms with Crippen LogP contribution in [0.4, 0.5) is 11.4 Å². The number of ether oxygens (including phenoxy) is 1. The minimum absolute atomic E-state index is 0.182. The maximum atomic E-state index is 12.7. The summed E-state index contributed by atoms with van der Waals surface area (Å²) in [6.07, 6.45) is 0. The fraction of sp³-hybridized carbons (Fsp3) is 0.120. The molecule has 0 fully saturated rings. The Morgan fingerprint density at radius 3 is 2.45 bits per heavy atom. The molecule has 4 rings (SSSR count). The van der Waals surface area contributed by atoms with Crippen molar-refractivity contribution >= 4 is 34.2 Å². The number of carbonyl (C=O) groups is 2. The highest BCUT2D eigenvalue weighted by Crippen LogP contribution is 2.21. The van der Waals surface area contributed by atoms with E-state index in [0.717, 1.165) is 5.39 Å². The van der Waals surface area contributed by atoms with Crippen molar-refractivity contribution in [2.24, 2.45) is 0 Å². The number of furan rings is 1. The monoisotopic (exact) mass is 445 g/mol. The SMILES string of the molecule is CON(CCOc1ccc(C(=O)Nc2ccccc2N)cc1)C(=O)c1cc2ccccc2o1. The van der Waals surface area contributed by atoms with Crippen molar-refractivity contribution in [2.45, 2.75) is 0 Å². The molecule has 0 unspecified atom stereocenters. The van der Waals surface area contributed by atoms with Crippen LogP contribution in [0.2, 0.25) is 0 Å². The Kier molecular flexibility index (Phi) is 6.56. The molecule has 0 bridgehead atoms. The van der Waals surface area contributed by atoms with Crippen molar-refractivity contribution < 1.29 is 23.6 Å². The molecule has 4 aromatic rings. The van der Waals surface area contributed by atoms with E-state index in [9.17, 15) is 9.59 Å². The van der Waals surface area contributed by atoms with E-state index in [1.165, 1.54) is 12.2 Å². The number of benzene rings is 3. The first-order valence-electron chi connectivity index (χ1n) is 10.3. The second-order valence-corrected chi connectivity index (χ2v) is 7.15. The maximum Gasteiger partial charge on any atom is 0.313 e. The molecule has 0 aliphatic heterocycles. The van der Waals surface area contributed by atoms with Gasteiger partial charge in [0.05, 0.1) is 25.0 Å². The molecule has 33 heavy (non-hydrogen) atoms. The zero-order valence-electron chi connectivity index (χ0n) is 18.0. The fourth-order valence-corrected chi connectivity index (χ4v) is 3.24. The number of nitrogens with one attached hydrogen (secondary N) is 1. The van der Waals surface area contributed by atoms with Crippen molar-refractivity contribution in [3.05, 3.63) is 90.2 Å². The molecule has 168 valence electrons. The van der Waals surface area contributed by atoms with E-state index >= 15 is 0 Å². The summed E-state index contributed by atoms with van der Waals surface area (Å²) < 4.78 is 11.3. The third-order valence-corrected chi connectivity index (χ3v) is 4.97. The first kappa shape index (κ1) is 21.9. The van der Waals surface area contributed by atoms with E-state index in [2.05, 4.69) is 5.32 Å². The Labute approximate surface area is 190 Å². The Morgan fingerprint density at radius 1 is 1.00 bits per heavy atom. The standard InChI is InChI=1S/C25H23N3O5/c1-31-28(25(30)23-16-18-6-2-5-9-22(18)33-23)14-15-32-19-12-10-17(11-13-19)24(29)27-21-8-4-3-7-20(21)26/h2-13,16H,14-15,26H2,1H3,(H,27,29). The van der Waals surface area contributed by atoms with Crippen LogP contribution in [0.1, 0.15) is 20.9 Å². The zero-order chi connectivity index (χ0) is 23.2. The van der Waals surface area contributed by atoms with Crippen molar-refractivity contribution in [1.82, 2.24) is 5.06 Å². The van der Waals surface area contributed by atoms with E-state index in [-0.39, 0.29) is 24.8 Å². The van der Waals surface area contributed by atoms with E-state index in [1.54, 1.807) is 60.7 Å². The molecule has 1 heterocycles.